The molecule has 0 spiro atoms. The highest BCUT2D eigenvalue weighted by Gasteiger charge is 2.38. The van der Waals surface area contributed by atoms with Crippen molar-refractivity contribution in [2.75, 3.05) is 26.2 Å². The fraction of sp³-hybridized carbons (Fsp3) is 0.600. The van der Waals surface area contributed by atoms with Gasteiger partial charge in [0.2, 0.25) is 5.91 Å². The average Bonchev–Trinajstić information content (AvgIpc) is 2.66. The number of rotatable bonds is 8. The van der Waals surface area contributed by atoms with Crippen LogP contribution in [-0.2, 0) is 16.1 Å². The SMILES string of the molecule is CC(C)N(CC1(O)CCN(C(=O)O)CC1)C(=O)C(Br)COCc1ccccc1. The second-order valence-electron chi connectivity index (χ2n) is 7.52. The standard InChI is InChI=1S/C20H29BrN2O5/c1-15(2)23(14-20(27)8-10-22(11-9-20)19(25)26)18(24)17(21)13-28-12-16-6-4-3-5-7-16/h3-7,15,17,27H,8-14H2,1-2H3,(H,25,26). The molecule has 1 aliphatic heterocycles. The lowest BCUT2D eigenvalue weighted by molar-refractivity contribution is -0.139. The summed E-state index contributed by atoms with van der Waals surface area (Å²) in [5.74, 6) is -0.142. The zero-order valence-corrected chi connectivity index (χ0v) is 18.0. The Morgan fingerprint density at radius 1 is 1.25 bits per heavy atom. The van der Waals surface area contributed by atoms with Gasteiger partial charge in [0.15, 0.2) is 0 Å². The summed E-state index contributed by atoms with van der Waals surface area (Å²) < 4.78 is 5.66. The smallest absolute Gasteiger partial charge is 0.407 e. The van der Waals surface area contributed by atoms with Crippen molar-refractivity contribution in [3.8, 4) is 0 Å². The quantitative estimate of drug-likeness (QED) is 0.586. The summed E-state index contributed by atoms with van der Waals surface area (Å²) in [5.41, 5.74) is -0.0430. The average molecular weight is 457 g/mol. The lowest BCUT2D eigenvalue weighted by Crippen LogP contribution is -2.55. The number of carbonyl (C=O) groups excluding carboxylic acids is 1. The summed E-state index contributed by atoms with van der Waals surface area (Å²) in [6.07, 6.45) is -0.351. The Labute approximate surface area is 174 Å². The van der Waals surface area contributed by atoms with E-state index in [0.717, 1.165) is 5.56 Å². The lowest BCUT2D eigenvalue weighted by atomic mass is 9.90. The van der Waals surface area contributed by atoms with Crippen LogP contribution in [-0.4, -0.2) is 74.7 Å². The Bertz CT molecular complexity index is 647. The second-order valence-corrected chi connectivity index (χ2v) is 8.63. The third kappa shape index (κ3) is 6.46. The molecule has 2 N–H and O–H groups in total. The van der Waals surface area contributed by atoms with Gasteiger partial charge in [-0.25, -0.2) is 4.79 Å². The number of carbonyl (C=O) groups is 2. The van der Waals surface area contributed by atoms with Crippen molar-refractivity contribution >= 4 is 27.9 Å². The molecule has 2 rings (SSSR count). The summed E-state index contributed by atoms with van der Waals surface area (Å²) in [7, 11) is 0. The van der Waals surface area contributed by atoms with Crippen LogP contribution in [0.25, 0.3) is 0 Å². The van der Waals surface area contributed by atoms with Crippen LogP contribution < -0.4 is 0 Å². The number of hydrogen-bond acceptors (Lipinski definition) is 4. The molecule has 0 aromatic heterocycles. The number of ether oxygens (including phenoxy) is 1. The van der Waals surface area contributed by atoms with Crippen LogP contribution in [0.2, 0.25) is 0 Å². The lowest BCUT2D eigenvalue weighted by Gasteiger charge is -2.41. The zero-order valence-electron chi connectivity index (χ0n) is 16.4. The number of piperidine rings is 1. The Morgan fingerprint density at radius 3 is 2.39 bits per heavy atom. The van der Waals surface area contributed by atoms with E-state index in [4.69, 9.17) is 9.84 Å². The highest BCUT2D eigenvalue weighted by molar-refractivity contribution is 9.10. The van der Waals surface area contributed by atoms with Gasteiger partial charge in [-0.2, -0.15) is 0 Å². The third-order valence-corrected chi connectivity index (χ3v) is 5.64. The van der Waals surface area contributed by atoms with Crippen LogP contribution in [0.1, 0.15) is 32.3 Å². The maximum absolute atomic E-state index is 12.9. The van der Waals surface area contributed by atoms with Crippen LogP contribution in [0.5, 0.6) is 0 Å². The number of hydrogen-bond donors (Lipinski definition) is 2. The van der Waals surface area contributed by atoms with Gasteiger partial charge in [-0.3, -0.25) is 4.79 Å². The molecule has 1 aromatic rings. The van der Waals surface area contributed by atoms with E-state index >= 15 is 0 Å². The van der Waals surface area contributed by atoms with Gasteiger partial charge < -0.3 is 24.7 Å². The molecule has 0 radical (unpaired) electrons. The molecule has 8 heteroatoms. The Hall–Kier alpha value is -1.64. The van der Waals surface area contributed by atoms with Crippen molar-refractivity contribution in [1.82, 2.24) is 9.80 Å². The minimum Gasteiger partial charge on any atom is -0.465 e. The topological polar surface area (TPSA) is 90.3 Å². The van der Waals surface area contributed by atoms with Gasteiger partial charge in [0.25, 0.3) is 0 Å². The van der Waals surface area contributed by atoms with E-state index in [1.807, 2.05) is 44.2 Å². The molecular weight excluding hydrogens is 428 g/mol. The van der Waals surface area contributed by atoms with Gasteiger partial charge in [-0.05, 0) is 32.3 Å². The van der Waals surface area contributed by atoms with Crippen molar-refractivity contribution < 1.29 is 24.5 Å². The predicted molar refractivity (Wildman–Crippen MR) is 109 cm³/mol. The van der Waals surface area contributed by atoms with Crippen LogP contribution in [0.15, 0.2) is 30.3 Å². The number of aliphatic hydroxyl groups is 1. The molecule has 7 nitrogen and oxygen atoms in total. The number of benzene rings is 1. The maximum Gasteiger partial charge on any atom is 0.407 e. The first kappa shape index (κ1) is 22.6. The third-order valence-electron chi connectivity index (χ3n) is 4.98. The van der Waals surface area contributed by atoms with E-state index in [2.05, 4.69) is 15.9 Å². The molecule has 1 aromatic carbocycles. The van der Waals surface area contributed by atoms with Gasteiger partial charge in [0, 0.05) is 25.7 Å². The molecule has 1 unspecified atom stereocenters. The van der Waals surface area contributed by atoms with Crippen molar-refractivity contribution in [1.29, 1.82) is 0 Å². The summed E-state index contributed by atoms with van der Waals surface area (Å²) in [4.78, 5) is 26.4. The van der Waals surface area contributed by atoms with Crippen LogP contribution in [0.4, 0.5) is 4.79 Å². The Kier molecular flexibility index (Phi) is 8.27. The summed E-state index contributed by atoms with van der Waals surface area (Å²) in [6.45, 7) is 5.16. The first-order valence-corrected chi connectivity index (χ1v) is 10.4. The number of alkyl halides is 1. The first-order valence-electron chi connectivity index (χ1n) is 9.48. The largest absolute Gasteiger partial charge is 0.465 e. The molecule has 1 fully saturated rings. The fourth-order valence-corrected chi connectivity index (χ4v) is 3.66. The highest BCUT2D eigenvalue weighted by Crippen LogP contribution is 2.25. The van der Waals surface area contributed by atoms with Crippen molar-refractivity contribution in [3.63, 3.8) is 0 Å². The van der Waals surface area contributed by atoms with Crippen LogP contribution >= 0.6 is 15.9 Å². The molecule has 1 saturated heterocycles. The monoisotopic (exact) mass is 456 g/mol. The molecule has 1 aliphatic rings. The van der Waals surface area contributed by atoms with Gasteiger partial charge in [0.05, 0.1) is 18.8 Å². The number of carboxylic acid groups (broad SMARTS) is 1. The molecule has 1 heterocycles. The summed E-state index contributed by atoms with van der Waals surface area (Å²) in [5, 5.41) is 19.9. The van der Waals surface area contributed by atoms with Crippen molar-refractivity contribution in [3.05, 3.63) is 35.9 Å². The summed E-state index contributed by atoms with van der Waals surface area (Å²) in [6, 6.07) is 9.64. The van der Waals surface area contributed by atoms with Crippen molar-refractivity contribution in [2.45, 2.75) is 49.8 Å². The van der Waals surface area contributed by atoms with E-state index in [-0.39, 0.29) is 38.2 Å². The Morgan fingerprint density at radius 2 is 1.86 bits per heavy atom. The summed E-state index contributed by atoms with van der Waals surface area (Å²) >= 11 is 3.41. The molecule has 28 heavy (non-hydrogen) atoms. The van der Waals surface area contributed by atoms with Gasteiger partial charge >= 0.3 is 6.09 Å². The maximum atomic E-state index is 12.9. The molecule has 0 saturated carbocycles. The molecule has 0 aliphatic carbocycles. The van der Waals surface area contributed by atoms with Crippen LogP contribution in [0, 0.1) is 0 Å². The highest BCUT2D eigenvalue weighted by atomic mass is 79.9. The minimum absolute atomic E-state index is 0.0943. The van der Waals surface area contributed by atoms with Gasteiger partial charge in [-0.15, -0.1) is 0 Å². The van der Waals surface area contributed by atoms with Gasteiger partial charge in [0.1, 0.15) is 4.83 Å². The predicted octanol–water partition coefficient (Wildman–Crippen LogP) is 2.71. The molecule has 1 atom stereocenters. The molecular formula is C20H29BrN2O5. The normalized spacial score (nSPS) is 17.4. The second kappa shape index (κ2) is 10.2. The van der Waals surface area contributed by atoms with Crippen molar-refractivity contribution in [2.24, 2.45) is 0 Å². The van der Waals surface area contributed by atoms with E-state index in [1.165, 1.54) is 4.90 Å². The molecule has 0 bridgehead atoms. The van der Waals surface area contributed by atoms with E-state index in [1.54, 1.807) is 4.90 Å². The number of amides is 2. The van der Waals surface area contributed by atoms with E-state index in [9.17, 15) is 14.7 Å². The van der Waals surface area contributed by atoms with Gasteiger partial charge in [-0.1, -0.05) is 46.3 Å². The number of likely N-dealkylation sites (tertiary alicyclic amines) is 1. The fourth-order valence-electron chi connectivity index (χ4n) is 3.21. The van der Waals surface area contributed by atoms with E-state index in [0.29, 0.717) is 19.4 Å². The van der Waals surface area contributed by atoms with E-state index < -0.39 is 16.5 Å². The number of nitrogens with zero attached hydrogens (tertiary/aromatic N) is 2. The number of halogens is 1. The minimum atomic E-state index is -1.08. The molecule has 2 amide bonds. The Balaban J connectivity index is 1.89. The van der Waals surface area contributed by atoms with Crippen LogP contribution in [0.3, 0.4) is 0 Å². The first-order chi connectivity index (χ1) is 13.2. The molecule has 156 valence electrons. The zero-order chi connectivity index (χ0) is 20.7.